The van der Waals surface area contributed by atoms with Crippen LogP contribution in [0, 0.1) is 23.7 Å². The molecule has 1 aliphatic carbocycles. The molecule has 3 heteroatoms. The molecule has 0 aromatic carbocycles. The molecule has 1 fully saturated rings. The second-order valence-electron chi connectivity index (χ2n) is 5.30. The molecule has 100 valence electrons. The highest BCUT2D eigenvalue weighted by atomic mass is 32.1. The van der Waals surface area contributed by atoms with Gasteiger partial charge in [0.1, 0.15) is 0 Å². The van der Waals surface area contributed by atoms with Gasteiger partial charge in [-0.2, -0.15) is 12.6 Å². The van der Waals surface area contributed by atoms with Gasteiger partial charge in [-0.05, 0) is 36.0 Å². The first-order valence-corrected chi connectivity index (χ1v) is 7.10. The predicted octanol–water partition coefficient (Wildman–Crippen LogP) is 3.12. The maximum absolute atomic E-state index is 10.2. The van der Waals surface area contributed by atoms with Crippen LogP contribution in [0.15, 0.2) is 11.5 Å². The van der Waals surface area contributed by atoms with Crippen LogP contribution in [0.4, 0.5) is 0 Å². The lowest BCUT2D eigenvalue weighted by atomic mass is 9.92. The standard InChI is InChI=1S/C14H26O2S/c1-5-13(16-4)10(3)11-8-12(11)14(15)9(2)6-7-17/h6-7,9-15,17H,5,8H2,1-4H3/b7-6+/t9-,10+,11+,12+,13+,14+/m1/s1. The first-order chi connectivity index (χ1) is 8.06. The highest BCUT2D eigenvalue weighted by Gasteiger charge is 2.48. The fourth-order valence-corrected chi connectivity index (χ4v) is 3.17. The van der Waals surface area contributed by atoms with Gasteiger partial charge in [-0.15, -0.1) is 0 Å². The Kier molecular flexibility index (Phi) is 6.04. The Morgan fingerprint density at radius 2 is 2.06 bits per heavy atom. The number of thiol groups is 1. The van der Waals surface area contributed by atoms with Gasteiger partial charge in [0.2, 0.25) is 0 Å². The lowest BCUT2D eigenvalue weighted by molar-refractivity contribution is 0.0365. The molecule has 0 heterocycles. The van der Waals surface area contributed by atoms with E-state index < -0.39 is 0 Å². The van der Waals surface area contributed by atoms with Crippen molar-refractivity contribution < 1.29 is 9.84 Å². The maximum atomic E-state index is 10.2. The summed E-state index contributed by atoms with van der Waals surface area (Å²) in [4.78, 5) is 0. The molecule has 0 bridgehead atoms. The van der Waals surface area contributed by atoms with Crippen molar-refractivity contribution in [3.05, 3.63) is 11.5 Å². The van der Waals surface area contributed by atoms with Crippen molar-refractivity contribution >= 4 is 12.6 Å². The van der Waals surface area contributed by atoms with Crippen LogP contribution in [-0.2, 0) is 4.74 Å². The Hall–Kier alpha value is 0.01000. The molecule has 17 heavy (non-hydrogen) atoms. The Bertz CT molecular complexity index is 251. The van der Waals surface area contributed by atoms with Crippen molar-refractivity contribution in [2.24, 2.45) is 23.7 Å². The minimum atomic E-state index is -0.236. The molecule has 0 aromatic heterocycles. The van der Waals surface area contributed by atoms with Crippen LogP contribution in [0.3, 0.4) is 0 Å². The van der Waals surface area contributed by atoms with E-state index in [9.17, 15) is 5.11 Å². The number of hydrogen-bond donors (Lipinski definition) is 2. The summed E-state index contributed by atoms with van der Waals surface area (Å²) in [5.74, 6) is 1.79. The van der Waals surface area contributed by atoms with Gasteiger partial charge in [-0.1, -0.05) is 26.8 Å². The van der Waals surface area contributed by atoms with Crippen molar-refractivity contribution in [3.63, 3.8) is 0 Å². The molecule has 2 nitrogen and oxygen atoms in total. The third-order valence-electron chi connectivity index (χ3n) is 4.23. The van der Waals surface area contributed by atoms with Crippen molar-refractivity contribution in [2.45, 2.75) is 45.8 Å². The molecule has 6 atom stereocenters. The van der Waals surface area contributed by atoms with Crippen molar-refractivity contribution in [2.75, 3.05) is 7.11 Å². The molecule has 1 aliphatic rings. The molecule has 0 saturated heterocycles. The summed E-state index contributed by atoms with van der Waals surface area (Å²) in [5.41, 5.74) is 0. The molecule has 1 saturated carbocycles. The molecular weight excluding hydrogens is 232 g/mol. The minimum absolute atomic E-state index is 0.192. The zero-order valence-corrected chi connectivity index (χ0v) is 12.2. The first kappa shape index (κ1) is 15.1. The maximum Gasteiger partial charge on any atom is 0.0631 e. The molecule has 0 radical (unpaired) electrons. The average Bonchev–Trinajstić information content (AvgIpc) is 3.09. The summed E-state index contributed by atoms with van der Waals surface area (Å²) in [6.45, 7) is 6.45. The van der Waals surface area contributed by atoms with E-state index in [1.807, 2.05) is 13.0 Å². The molecular formula is C14H26O2S. The number of aliphatic hydroxyl groups is 1. The lowest BCUT2D eigenvalue weighted by Gasteiger charge is -2.23. The van der Waals surface area contributed by atoms with Crippen LogP contribution < -0.4 is 0 Å². The smallest absolute Gasteiger partial charge is 0.0631 e. The van der Waals surface area contributed by atoms with Crippen LogP contribution >= 0.6 is 12.6 Å². The molecule has 1 N–H and O–H groups in total. The van der Waals surface area contributed by atoms with Gasteiger partial charge in [0, 0.05) is 13.0 Å². The quantitative estimate of drug-likeness (QED) is 0.687. The Morgan fingerprint density at radius 3 is 2.53 bits per heavy atom. The fourth-order valence-electron chi connectivity index (χ4n) is 2.90. The average molecular weight is 258 g/mol. The largest absolute Gasteiger partial charge is 0.392 e. The molecule has 0 aromatic rings. The normalized spacial score (nSPS) is 31.2. The fraction of sp³-hybridized carbons (Fsp3) is 0.857. The van der Waals surface area contributed by atoms with E-state index in [1.54, 1.807) is 12.5 Å². The second kappa shape index (κ2) is 6.81. The molecule has 0 amide bonds. The summed E-state index contributed by atoms with van der Waals surface area (Å²) in [6, 6.07) is 0. The number of rotatable bonds is 7. The third-order valence-corrected chi connectivity index (χ3v) is 4.40. The molecule has 1 rings (SSSR count). The summed E-state index contributed by atoms with van der Waals surface area (Å²) < 4.78 is 5.49. The lowest BCUT2D eigenvalue weighted by Crippen LogP contribution is -2.25. The zero-order valence-electron chi connectivity index (χ0n) is 11.3. The third kappa shape index (κ3) is 3.73. The highest BCUT2D eigenvalue weighted by molar-refractivity contribution is 7.83. The second-order valence-corrected chi connectivity index (χ2v) is 5.59. The summed E-state index contributed by atoms with van der Waals surface area (Å²) in [5, 5.41) is 11.9. The van der Waals surface area contributed by atoms with Crippen LogP contribution in [-0.4, -0.2) is 24.4 Å². The Morgan fingerprint density at radius 1 is 1.41 bits per heavy atom. The van der Waals surface area contributed by atoms with E-state index in [0.29, 0.717) is 23.9 Å². The van der Waals surface area contributed by atoms with E-state index in [-0.39, 0.29) is 12.0 Å². The summed E-state index contributed by atoms with van der Waals surface area (Å²) in [7, 11) is 1.78. The predicted molar refractivity (Wildman–Crippen MR) is 75.1 cm³/mol. The summed E-state index contributed by atoms with van der Waals surface area (Å²) >= 11 is 4.06. The van der Waals surface area contributed by atoms with Crippen LogP contribution in [0.2, 0.25) is 0 Å². The van der Waals surface area contributed by atoms with Crippen LogP contribution in [0.1, 0.15) is 33.6 Å². The van der Waals surface area contributed by atoms with Gasteiger partial charge in [-0.25, -0.2) is 0 Å². The SMILES string of the molecule is CC[C@H](OC)[C@@H](C)[C@@H]1C[C@@H]1[C@@H](O)[C@H](C)/C=C/S. The Balaban J connectivity index is 2.47. The number of ether oxygens (including phenoxy) is 1. The zero-order chi connectivity index (χ0) is 13.0. The van der Waals surface area contributed by atoms with Gasteiger partial charge in [-0.3, -0.25) is 0 Å². The van der Waals surface area contributed by atoms with E-state index >= 15 is 0 Å². The van der Waals surface area contributed by atoms with Crippen molar-refractivity contribution in [1.29, 1.82) is 0 Å². The first-order valence-electron chi connectivity index (χ1n) is 6.58. The van der Waals surface area contributed by atoms with Gasteiger partial charge < -0.3 is 9.84 Å². The monoisotopic (exact) mass is 258 g/mol. The Labute approximate surface area is 111 Å². The summed E-state index contributed by atoms with van der Waals surface area (Å²) in [6.07, 6.45) is 4.23. The molecule has 0 unspecified atom stereocenters. The van der Waals surface area contributed by atoms with Crippen LogP contribution in [0.25, 0.3) is 0 Å². The molecule has 0 aliphatic heterocycles. The minimum Gasteiger partial charge on any atom is -0.392 e. The van der Waals surface area contributed by atoms with E-state index in [1.165, 1.54) is 0 Å². The highest BCUT2D eigenvalue weighted by Crippen LogP contribution is 2.49. The van der Waals surface area contributed by atoms with Gasteiger partial charge in [0.15, 0.2) is 0 Å². The van der Waals surface area contributed by atoms with E-state index in [2.05, 4.69) is 26.5 Å². The van der Waals surface area contributed by atoms with Gasteiger partial charge in [0.05, 0.1) is 12.2 Å². The van der Waals surface area contributed by atoms with Gasteiger partial charge in [0.25, 0.3) is 0 Å². The van der Waals surface area contributed by atoms with Crippen molar-refractivity contribution in [1.82, 2.24) is 0 Å². The topological polar surface area (TPSA) is 29.5 Å². The number of hydrogen-bond acceptors (Lipinski definition) is 3. The van der Waals surface area contributed by atoms with E-state index in [4.69, 9.17) is 4.74 Å². The van der Waals surface area contributed by atoms with Crippen LogP contribution in [0.5, 0.6) is 0 Å². The van der Waals surface area contributed by atoms with E-state index in [0.717, 1.165) is 12.8 Å². The van der Waals surface area contributed by atoms with Crippen molar-refractivity contribution in [3.8, 4) is 0 Å². The van der Waals surface area contributed by atoms with Gasteiger partial charge >= 0.3 is 0 Å². The molecule has 0 spiro atoms. The number of aliphatic hydroxyl groups excluding tert-OH is 1. The number of methoxy groups -OCH3 is 1.